The molecule has 0 N–H and O–H groups in total. The van der Waals surface area contributed by atoms with E-state index in [0.717, 1.165) is 12.3 Å². The van der Waals surface area contributed by atoms with Crippen molar-refractivity contribution in [3.63, 3.8) is 0 Å². The Kier molecular flexibility index (Phi) is 1.48. The summed E-state index contributed by atoms with van der Waals surface area (Å²) in [5, 5.41) is 4.26. The Hall–Kier alpha value is -2.00. The first-order chi connectivity index (χ1) is 9.92. The Balaban J connectivity index is 2.13. The smallest absolute Gasteiger partial charge is 0.225 e. The Bertz CT molecular complexity index is 1080. The standard InChI is InChI=1S/C17H11N2S/c1-3-10-7-18-8-11-9-20-14-6-2-5-13-12(4-1)15(10)17(18)19(11)16(13)14/h1-6,8H,7,9H2/q+1. The van der Waals surface area contributed by atoms with Crippen LogP contribution in [0.25, 0.3) is 27.3 Å². The fraction of sp³-hybridized carbons (Fsp3) is 0.118. The third-order valence-electron chi connectivity index (χ3n) is 4.68. The summed E-state index contributed by atoms with van der Waals surface area (Å²) in [5.74, 6) is 1.08. The minimum Gasteiger partial charge on any atom is -0.225 e. The second-order valence-electron chi connectivity index (χ2n) is 5.69. The highest BCUT2D eigenvalue weighted by atomic mass is 32.2. The van der Waals surface area contributed by atoms with Crippen molar-refractivity contribution in [3.8, 4) is 0 Å². The van der Waals surface area contributed by atoms with Crippen molar-refractivity contribution in [3.05, 3.63) is 53.9 Å². The first kappa shape index (κ1) is 9.83. The van der Waals surface area contributed by atoms with Gasteiger partial charge in [0.05, 0.1) is 16.0 Å². The van der Waals surface area contributed by atoms with Crippen molar-refractivity contribution in [2.75, 3.05) is 0 Å². The number of thioether (sulfide) groups is 1. The molecule has 4 heterocycles. The van der Waals surface area contributed by atoms with Gasteiger partial charge < -0.3 is 0 Å². The van der Waals surface area contributed by atoms with Gasteiger partial charge in [-0.05, 0) is 12.1 Å². The summed E-state index contributed by atoms with van der Waals surface area (Å²) in [5.41, 5.74) is 5.69. The molecule has 0 radical (unpaired) electrons. The van der Waals surface area contributed by atoms with E-state index in [1.807, 2.05) is 11.8 Å². The normalized spacial score (nSPS) is 15.4. The molecule has 0 atom stereocenters. The van der Waals surface area contributed by atoms with Gasteiger partial charge in [0.15, 0.2) is 11.2 Å². The van der Waals surface area contributed by atoms with Gasteiger partial charge in [0.2, 0.25) is 0 Å². The van der Waals surface area contributed by atoms with Gasteiger partial charge in [0.1, 0.15) is 12.7 Å². The molecule has 3 heteroatoms. The zero-order valence-corrected chi connectivity index (χ0v) is 11.6. The number of imidazole rings is 1. The molecule has 0 bridgehead atoms. The molecular weight excluding hydrogens is 264 g/mol. The molecule has 0 unspecified atom stereocenters. The van der Waals surface area contributed by atoms with Crippen molar-refractivity contribution in [1.82, 2.24) is 4.40 Å². The average molecular weight is 275 g/mol. The van der Waals surface area contributed by atoms with Gasteiger partial charge in [-0.25, -0.2) is 4.57 Å². The summed E-state index contributed by atoms with van der Waals surface area (Å²) in [4.78, 5) is 1.41. The molecule has 4 aromatic rings. The Morgan fingerprint density at radius 3 is 2.95 bits per heavy atom. The monoisotopic (exact) mass is 275 g/mol. The van der Waals surface area contributed by atoms with Crippen LogP contribution < -0.4 is 4.57 Å². The average Bonchev–Trinajstić information content (AvgIpc) is 3.01. The van der Waals surface area contributed by atoms with E-state index in [1.54, 1.807) is 0 Å². The van der Waals surface area contributed by atoms with Crippen LogP contribution in [0.3, 0.4) is 0 Å². The summed E-state index contributed by atoms with van der Waals surface area (Å²) < 4.78 is 4.93. The molecule has 20 heavy (non-hydrogen) atoms. The number of para-hydroxylation sites is 1. The van der Waals surface area contributed by atoms with Gasteiger partial charge in [-0.2, -0.15) is 4.40 Å². The maximum Gasteiger partial charge on any atom is 0.295 e. The van der Waals surface area contributed by atoms with Crippen LogP contribution >= 0.6 is 11.8 Å². The topological polar surface area (TPSA) is 8.29 Å². The maximum atomic E-state index is 2.50. The molecule has 2 nitrogen and oxygen atoms in total. The summed E-state index contributed by atoms with van der Waals surface area (Å²) in [6.07, 6.45) is 2.34. The number of hydrogen-bond donors (Lipinski definition) is 0. The Labute approximate surface area is 119 Å². The number of benzene rings is 2. The largest absolute Gasteiger partial charge is 0.295 e. The van der Waals surface area contributed by atoms with Crippen LogP contribution in [0, 0.1) is 0 Å². The molecule has 2 aliphatic heterocycles. The van der Waals surface area contributed by atoms with Crippen LogP contribution in [0.2, 0.25) is 0 Å². The van der Waals surface area contributed by atoms with Crippen LogP contribution in [0.15, 0.2) is 47.5 Å². The molecule has 0 spiro atoms. The van der Waals surface area contributed by atoms with Crippen LogP contribution in [0.1, 0.15) is 11.3 Å². The second-order valence-corrected chi connectivity index (χ2v) is 6.71. The van der Waals surface area contributed by atoms with E-state index in [1.165, 1.54) is 43.5 Å². The third kappa shape index (κ3) is 0.907. The highest BCUT2D eigenvalue weighted by Gasteiger charge is 2.32. The van der Waals surface area contributed by atoms with Gasteiger partial charge in [-0.1, -0.05) is 24.3 Å². The number of nitrogens with zero attached hydrogens (tertiary/aromatic N) is 2. The maximum absolute atomic E-state index is 2.50. The van der Waals surface area contributed by atoms with Crippen molar-refractivity contribution in [1.29, 1.82) is 0 Å². The summed E-state index contributed by atoms with van der Waals surface area (Å²) >= 11 is 1.96. The van der Waals surface area contributed by atoms with Crippen molar-refractivity contribution in [2.24, 2.45) is 0 Å². The predicted molar refractivity (Wildman–Crippen MR) is 81.3 cm³/mol. The van der Waals surface area contributed by atoms with E-state index in [4.69, 9.17) is 0 Å². The Morgan fingerprint density at radius 1 is 1.05 bits per heavy atom. The molecule has 2 aliphatic rings. The van der Waals surface area contributed by atoms with Gasteiger partial charge in [-0.3, -0.25) is 0 Å². The minimum absolute atomic E-state index is 1.02. The lowest BCUT2D eigenvalue weighted by molar-refractivity contribution is -0.657. The molecule has 0 saturated heterocycles. The highest BCUT2D eigenvalue weighted by Crippen LogP contribution is 2.41. The molecule has 0 amide bonds. The summed E-state index contributed by atoms with van der Waals surface area (Å²) in [6.45, 7) is 1.02. The Morgan fingerprint density at radius 2 is 1.95 bits per heavy atom. The molecule has 0 saturated carbocycles. The molecular formula is C17H11N2S+. The molecule has 2 aromatic heterocycles. The number of aromatic nitrogens is 2. The summed E-state index contributed by atoms with van der Waals surface area (Å²) in [6, 6.07) is 13.5. The molecule has 6 rings (SSSR count). The van der Waals surface area contributed by atoms with E-state index in [-0.39, 0.29) is 0 Å². The molecule has 2 aromatic carbocycles. The van der Waals surface area contributed by atoms with Crippen LogP contribution in [0.5, 0.6) is 0 Å². The fourth-order valence-corrected chi connectivity index (χ4v) is 4.95. The van der Waals surface area contributed by atoms with E-state index < -0.39 is 0 Å². The third-order valence-corrected chi connectivity index (χ3v) is 5.76. The van der Waals surface area contributed by atoms with Crippen LogP contribution in [0.4, 0.5) is 0 Å². The number of hydrogen-bond acceptors (Lipinski definition) is 1. The summed E-state index contributed by atoms with van der Waals surface area (Å²) in [7, 11) is 0. The molecule has 0 aliphatic carbocycles. The van der Waals surface area contributed by atoms with Crippen molar-refractivity contribution >= 4 is 39.1 Å². The first-order valence-electron chi connectivity index (χ1n) is 6.95. The highest BCUT2D eigenvalue weighted by molar-refractivity contribution is 7.98. The number of fused-ring (bicyclic) bond motifs is 1. The van der Waals surface area contributed by atoms with Crippen LogP contribution in [-0.2, 0) is 12.3 Å². The van der Waals surface area contributed by atoms with Crippen molar-refractivity contribution in [2.45, 2.75) is 17.2 Å². The zero-order valence-electron chi connectivity index (χ0n) is 10.8. The lowest BCUT2D eigenvalue weighted by Gasteiger charge is -2.12. The van der Waals surface area contributed by atoms with E-state index >= 15 is 0 Å². The number of pyridine rings is 1. The fourth-order valence-electron chi connectivity index (χ4n) is 3.93. The van der Waals surface area contributed by atoms with E-state index in [9.17, 15) is 0 Å². The lowest BCUT2D eigenvalue weighted by atomic mass is 10.0. The quantitative estimate of drug-likeness (QED) is 0.310. The van der Waals surface area contributed by atoms with Gasteiger partial charge >= 0.3 is 0 Å². The van der Waals surface area contributed by atoms with Gasteiger partial charge in [0, 0.05) is 16.3 Å². The SMILES string of the molecule is c1cc2c3c(c1)c1cccc4c1n1c(c[n+](c31)C2)CS4. The van der Waals surface area contributed by atoms with E-state index in [2.05, 4.69) is 51.6 Å². The number of rotatable bonds is 0. The molecule has 0 fully saturated rings. The lowest BCUT2D eigenvalue weighted by Crippen LogP contribution is -2.28. The van der Waals surface area contributed by atoms with Crippen molar-refractivity contribution < 1.29 is 4.57 Å². The minimum atomic E-state index is 1.02. The van der Waals surface area contributed by atoms with E-state index in [0.29, 0.717) is 0 Å². The van der Waals surface area contributed by atoms with Gasteiger partial charge in [-0.15, -0.1) is 11.8 Å². The predicted octanol–water partition coefficient (Wildman–Crippen LogP) is 3.50. The zero-order chi connectivity index (χ0) is 12.8. The second kappa shape index (κ2) is 3.01. The first-order valence-corrected chi connectivity index (χ1v) is 7.93. The van der Waals surface area contributed by atoms with Crippen LogP contribution in [-0.4, -0.2) is 4.40 Å². The van der Waals surface area contributed by atoms with Gasteiger partial charge in [0.25, 0.3) is 5.65 Å². The molecule has 94 valence electrons.